The van der Waals surface area contributed by atoms with Crippen molar-refractivity contribution < 1.29 is 14.3 Å². The fraction of sp³-hybridized carbons (Fsp3) is 0.556. The summed E-state index contributed by atoms with van der Waals surface area (Å²) in [6.45, 7) is 2.09. The van der Waals surface area contributed by atoms with E-state index in [9.17, 15) is 9.59 Å². The van der Waals surface area contributed by atoms with Crippen molar-refractivity contribution in [1.82, 2.24) is 10.2 Å². The highest BCUT2D eigenvalue weighted by Crippen LogP contribution is 2.17. The summed E-state index contributed by atoms with van der Waals surface area (Å²) in [5.74, 6) is -0.423. The maximum atomic E-state index is 12.6. The van der Waals surface area contributed by atoms with E-state index in [1.54, 1.807) is 7.11 Å². The third kappa shape index (κ3) is 5.94. The maximum absolute atomic E-state index is 12.6. The van der Waals surface area contributed by atoms with Gasteiger partial charge in [0.2, 0.25) is 11.8 Å². The molecule has 0 aliphatic carbocycles. The highest BCUT2D eigenvalue weighted by atomic mass is 16.5. The van der Waals surface area contributed by atoms with E-state index in [1.165, 1.54) is 5.56 Å². The number of rotatable bonds is 8. The van der Waals surface area contributed by atoms with E-state index in [-0.39, 0.29) is 30.3 Å². The zero-order valence-corrected chi connectivity index (χ0v) is 14.2. The largest absolute Gasteiger partial charge is 0.383 e. The van der Waals surface area contributed by atoms with Gasteiger partial charge >= 0.3 is 0 Å². The van der Waals surface area contributed by atoms with Gasteiger partial charge in [0.25, 0.3) is 0 Å². The van der Waals surface area contributed by atoms with Gasteiger partial charge in [0.15, 0.2) is 0 Å². The molecule has 0 aromatic heterocycles. The lowest BCUT2D eigenvalue weighted by Gasteiger charge is -2.32. The molecule has 2 rings (SSSR count). The SMILES string of the molecule is COC[C@H](Cc1ccccc1)NC(=O)C1CCCN(CC(N)=O)C1. The number of benzene rings is 1. The van der Waals surface area contributed by atoms with E-state index >= 15 is 0 Å². The van der Waals surface area contributed by atoms with Gasteiger partial charge in [0.05, 0.1) is 25.1 Å². The molecule has 132 valence electrons. The standard InChI is InChI=1S/C18H27N3O3/c1-24-13-16(10-14-6-3-2-4-7-14)20-18(23)15-8-5-9-21(11-15)12-17(19)22/h2-4,6-7,15-16H,5,8-13H2,1H3,(H2,19,22)(H,20,23)/t15?,16-/m0/s1. The summed E-state index contributed by atoms with van der Waals surface area (Å²) in [7, 11) is 1.64. The molecule has 1 aliphatic rings. The lowest BCUT2D eigenvalue weighted by molar-refractivity contribution is -0.129. The average Bonchev–Trinajstić information content (AvgIpc) is 2.55. The van der Waals surface area contributed by atoms with Crippen LogP contribution < -0.4 is 11.1 Å². The number of nitrogens with zero attached hydrogens (tertiary/aromatic N) is 1. The number of methoxy groups -OCH3 is 1. The second-order valence-corrected chi connectivity index (χ2v) is 6.39. The van der Waals surface area contributed by atoms with Crippen molar-refractivity contribution in [1.29, 1.82) is 0 Å². The minimum atomic E-state index is -0.350. The summed E-state index contributed by atoms with van der Waals surface area (Å²) in [4.78, 5) is 25.6. The van der Waals surface area contributed by atoms with Crippen LogP contribution in [0.4, 0.5) is 0 Å². The lowest BCUT2D eigenvalue weighted by Crippen LogP contribution is -2.49. The first-order valence-electron chi connectivity index (χ1n) is 8.42. The first-order chi connectivity index (χ1) is 11.6. The van der Waals surface area contributed by atoms with Crippen molar-refractivity contribution >= 4 is 11.8 Å². The van der Waals surface area contributed by atoms with Crippen LogP contribution in [0.15, 0.2) is 30.3 Å². The molecule has 0 radical (unpaired) electrons. The molecule has 1 unspecified atom stereocenters. The molecule has 1 heterocycles. The lowest BCUT2D eigenvalue weighted by atomic mass is 9.96. The third-order valence-electron chi connectivity index (χ3n) is 4.29. The van der Waals surface area contributed by atoms with Crippen molar-refractivity contribution in [3.63, 3.8) is 0 Å². The van der Waals surface area contributed by atoms with E-state index in [4.69, 9.17) is 10.5 Å². The number of hydrogen-bond donors (Lipinski definition) is 2. The molecular weight excluding hydrogens is 306 g/mol. The Morgan fingerprint density at radius 1 is 1.38 bits per heavy atom. The predicted molar refractivity (Wildman–Crippen MR) is 92.3 cm³/mol. The van der Waals surface area contributed by atoms with Crippen LogP contribution >= 0.6 is 0 Å². The number of carbonyl (C=O) groups excluding carboxylic acids is 2. The summed E-state index contributed by atoms with van der Waals surface area (Å²) in [5, 5.41) is 3.10. The van der Waals surface area contributed by atoms with Gasteiger partial charge < -0.3 is 15.8 Å². The van der Waals surface area contributed by atoms with Crippen LogP contribution in [0.1, 0.15) is 18.4 Å². The number of nitrogens with one attached hydrogen (secondary N) is 1. The van der Waals surface area contributed by atoms with Crippen LogP contribution in [-0.4, -0.2) is 56.1 Å². The van der Waals surface area contributed by atoms with Gasteiger partial charge in [-0.3, -0.25) is 14.5 Å². The fourth-order valence-corrected chi connectivity index (χ4v) is 3.20. The van der Waals surface area contributed by atoms with Gasteiger partial charge in [0, 0.05) is 13.7 Å². The molecule has 0 spiro atoms. The van der Waals surface area contributed by atoms with Crippen LogP contribution in [0.3, 0.4) is 0 Å². The third-order valence-corrected chi connectivity index (χ3v) is 4.29. The van der Waals surface area contributed by atoms with Crippen LogP contribution in [0.2, 0.25) is 0 Å². The molecule has 24 heavy (non-hydrogen) atoms. The van der Waals surface area contributed by atoms with Crippen molar-refractivity contribution in [3.8, 4) is 0 Å². The maximum Gasteiger partial charge on any atom is 0.231 e. The smallest absolute Gasteiger partial charge is 0.231 e. The number of carbonyl (C=O) groups is 2. The number of amides is 2. The molecule has 6 heteroatoms. The second-order valence-electron chi connectivity index (χ2n) is 6.39. The monoisotopic (exact) mass is 333 g/mol. The Bertz CT molecular complexity index is 536. The number of likely N-dealkylation sites (tertiary alicyclic amines) is 1. The Hall–Kier alpha value is -1.92. The summed E-state index contributed by atoms with van der Waals surface area (Å²) < 4.78 is 5.25. The molecule has 2 amide bonds. The Morgan fingerprint density at radius 2 is 2.12 bits per heavy atom. The molecule has 3 N–H and O–H groups in total. The summed E-state index contributed by atoms with van der Waals surface area (Å²) in [6, 6.07) is 9.99. The number of piperidine rings is 1. The Labute approximate surface area is 143 Å². The van der Waals surface area contributed by atoms with Gasteiger partial charge in [-0.05, 0) is 31.4 Å². The Kier molecular flexibility index (Phi) is 7.21. The molecule has 6 nitrogen and oxygen atoms in total. The first-order valence-corrected chi connectivity index (χ1v) is 8.42. The molecular formula is C18H27N3O3. The summed E-state index contributed by atoms with van der Waals surface area (Å²) in [5.41, 5.74) is 6.42. The highest BCUT2D eigenvalue weighted by Gasteiger charge is 2.27. The van der Waals surface area contributed by atoms with Gasteiger partial charge in [-0.25, -0.2) is 0 Å². The Balaban J connectivity index is 1.90. The van der Waals surface area contributed by atoms with Crippen LogP contribution in [0, 0.1) is 5.92 Å². The molecule has 0 bridgehead atoms. The molecule has 1 aliphatic heterocycles. The van der Waals surface area contributed by atoms with Gasteiger partial charge in [-0.1, -0.05) is 30.3 Å². The van der Waals surface area contributed by atoms with Crippen molar-refractivity contribution in [2.75, 3.05) is 33.4 Å². The van der Waals surface area contributed by atoms with Gasteiger partial charge in [-0.2, -0.15) is 0 Å². The van der Waals surface area contributed by atoms with E-state index in [2.05, 4.69) is 5.32 Å². The molecule has 1 fully saturated rings. The number of ether oxygens (including phenoxy) is 1. The topological polar surface area (TPSA) is 84.7 Å². The Morgan fingerprint density at radius 3 is 2.79 bits per heavy atom. The zero-order valence-electron chi connectivity index (χ0n) is 14.2. The van der Waals surface area contributed by atoms with Crippen LogP contribution in [0.5, 0.6) is 0 Å². The van der Waals surface area contributed by atoms with E-state index < -0.39 is 0 Å². The van der Waals surface area contributed by atoms with Crippen molar-refractivity contribution in [2.24, 2.45) is 11.7 Å². The average molecular weight is 333 g/mol. The van der Waals surface area contributed by atoms with Gasteiger partial charge in [-0.15, -0.1) is 0 Å². The van der Waals surface area contributed by atoms with E-state index in [1.807, 2.05) is 35.2 Å². The molecule has 1 aromatic carbocycles. The highest BCUT2D eigenvalue weighted by molar-refractivity contribution is 5.80. The minimum absolute atomic E-state index is 0.0298. The summed E-state index contributed by atoms with van der Waals surface area (Å²) in [6.07, 6.45) is 2.48. The first kappa shape index (κ1) is 18.4. The van der Waals surface area contributed by atoms with E-state index in [0.29, 0.717) is 13.2 Å². The molecule has 1 saturated heterocycles. The number of nitrogens with two attached hydrogens (primary N) is 1. The fourth-order valence-electron chi connectivity index (χ4n) is 3.20. The number of hydrogen-bond acceptors (Lipinski definition) is 4. The molecule has 0 saturated carbocycles. The number of primary amides is 1. The minimum Gasteiger partial charge on any atom is -0.383 e. The second kappa shape index (κ2) is 9.39. The van der Waals surface area contributed by atoms with Crippen molar-refractivity contribution in [2.45, 2.75) is 25.3 Å². The molecule has 1 aromatic rings. The quantitative estimate of drug-likeness (QED) is 0.728. The van der Waals surface area contributed by atoms with E-state index in [0.717, 1.165) is 25.8 Å². The molecule has 2 atom stereocenters. The normalized spacial score (nSPS) is 19.6. The zero-order chi connectivity index (χ0) is 17.4. The summed E-state index contributed by atoms with van der Waals surface area (Å²) >= 11 is 0. The van der Waals surface area contributed by atoms with Crippen molar-refractivity contribution in [3.05, 3.63) is 35.9 Å². The van der Waals surface area contributed by atoms with Gasteiger partial charge in [0.1, 0.15) is 0 Å². The van der Waals surface area contributed by atoms with Crippen LogP contribution in [-0.2, 0) is 20.7 Å². The predicted octanol–water partition coefficient (Wildman–Crippen LogP) is 0.558. The van der Waals surface area contributed by atoms with Crippen LogP contribution in [0.25, 0.3) is 0 Å².